The summed E-state index contributed by atoms with van der Waals surface area (Å²) < 4.78 is 5.66. The molecule has 17 heavy (non-hydrogen) atoms. The quantitative estimate of drug-likeness (QED) is 0.847. The molecular formula is C13H13N3O. The highest BCUT2D eigenvalue weighted by atomic mass is 16.5. The first-order valence-corrected chi connectivity index (χ1v) is 5.60. The van der Waals surface area contributed by atoms with Gasteiger partial charge in [0.1, 0.15) is 0 Å². The summed E-state index contributed by atoms with van der Waals surface area (Å²) in [7, 11) is 0. The number of nitrogens with two attached hydrogens (primary N) is 1. The van der Waals surface area contributed by atoms with Crippen molar-refractivity contribution in [1.29, 1.82) is 0 Å². The van der Waals surface area contributed by atoms with Gasteiger partial charge in [0.25, 0.3) is 0 Å². The molecule has 1 aromatic carbocycles. The zero-order valence-corrected chi connectivity index (χ0v) is 9.34. The smallest absolute Gasteiger partial charge is 0.0955 e. The van der Waals surface area contributed by atoms with Crippen molar-refractivity contribution in [2.75, 3.05) is 6.54 Å². The Morgan fingerprint density at radius 1 is 1.35 bits per heavy atom. The molecule has 4 heteroatoms. The minimum atomic E-state index is 0.0154. The molecule has 0 spiro atoms. The van der Waals surface area contributed by atoms with E-state index in [9.17, 15) is 0 Å². The highest BCUT2D eigenvalue weighted by molar-refractivity contribution is 5.65. The van der Waals surface area contributed by atoms with Crippen molar-refractivity contribution in [3.63, 3.8) is 0 Å². The van der Waals surface area contributed by atoms with Crippen LogP contribution in [0.3, 0.4) is 0 Å². The molecule has 1 aromatic heterocycles. The van der Waals surface area contributed by atoms with E-state index in [1.807, 2.05) is 12.1 Å². The van der Waals surface area contributed by atoms with E-state index >= 15 is 0 Å². The van der Waals surface area contributed by atoms with Gasteiger partial charge in [-0.15, -0.1) is 0 Å². The Kier molecular flexibility index (Phi) is 2.59. The van der Waals surface area contributed by atoms with Crippen LogP contribution in [0.1, 0.15) is 17.2 Å². The number of hydrogen-bond donors (Lipinski definition) is 1. The second-order valence-electron chi connectivity index (χ2n) is 4.00. The van der Waals surface area contributed by atoms with Gasteiger partial charge in [-0.1, -0.05) is 18.2 Å². The average molecular weight is 227 g/mol. The topological polar surface area (TPSA) is 61.0 Å². The van der Waals surface area contributed by atoms with Gasteiger partial charge in [0.15, 0.2) is 0 Å². The molecule has 1 atom stereocenters. The third-order valence-corrected chi connectivity index (χ3v) is 3.04. The molecule has 0 fully saturated rings. The van der Waals surface area contributed by atoms with Crippen LogP contribution in [0.2, 0.25) is 0 Å². The molecule has 0 saturated carbocycles. The molecule has 1 aliphatic rings. The predicted molar refractivity (Wildman–Crippen MR) is 64.1 cm³/mol. The van der Waals surface area contributed by atoms with Gasteiger partial charge < -0.3 is 10.5 Å². The van der Waals surface area contributed by atoms with E-state index in [1.54, 1.807) is 18.6 Å². The van der Waals surface area contributed by atoms with Crippen molar-refractivity contribution in [2.24, 2.45) is 5.73 Å². The summed E-state index contributed by atoms with van der Waals surface area (Å²) in [5.41, 5.74) is 10.0. The largest absolute Gasteiger partial charge is 0.367 e. The lowest BCUT2D eigenvalue weighted by Gasteiger charge is -2.08. The molecule has 1 aliphatic heterocycles. The molecule has 0 aliphatic carbocycles. The van der Waals surface area contributed by atoms with Crippen LogP contribution in [-0.2, 0) is 11.3 Å². The lowest BCUT2D eigenvalue weighted by atomic mass is 9.98. The van der Waals surface area contributed by atoms with Crippen LogP contribution in [0.25, 0.3) is 11.3 Å². The Hall–Kier alpha value is -1.78. The van der Waals surface area contributed by atoms with Crippen LogP contribution >= 0.6 is 0 Å². The first-order valence-electron chi connectivity index (χ1n) is 5.60. The molecule has 2 heterocycles. The number of fused-ring (bicyclic) bond motifs is 1. The minimum absolute atomic E-state index is 0.0154. The zero-order chi connectivity index (χ0) is 11.7. The lowest BCUT2D eigenvalue weighted by molar-refractivity contribution is 0.0724. The monoisotopic (exact) mass is 227 g/mol. The van der Waals surface area contributed by atoms with Crippen LogP contribution in [-0.4, -0.2) is 16.5 Å². The van der Waals surface area contributed by atoms with Crippen LogP contribution in [0.15, 0.2) is 36.8 Å². The summed E-state index contributed by atoms with van der Waals surface area (Å²) in [6, 6.07) is 6.13. The number of ether oxygens (including phenoxy) is 1. The van der Waals surface area contributed by atoms with Crippen LogP contribution < -0.4 is 5.73 Å². The normalized spacial score (nSPS) is 18.1. The lowest BCUT2D eigenvalue weighted by Crippen LogP contribution is -2.10. The summed E-state index contributed by atoms with van der Waals surface area (Å²) in [5.74, 6) is 0. The third kappa shape index (κ3) is 1.71. The van der Waals surface area contributed by atoms with Crippen LogP contribution in [0.5, 0.6) is 0 Å². The van der Waals surface area contributed by atoms with Gasteiger partial charge in [-0.05, 0) is 11.1 Å². The molecule has 0 amide bonds. The first kappa shape index (κ1) is 10.4. The molecular weight excluding hydrogens is 214 g/mol. The standard InChI is InChI=1S/C13H13N3O/c14-6-13-10-3-1-2-9(11(10)8-17-13)12-7-15-4-5-16-12/h1-5,7,13H,6,8,14H2/t13-/m0/s1. The van der Waals surface area contributed by atoms with Gasteiger partial charge in [0.05, 0.1) is 24.6 Å². The maximum atomic E-state index is 5.68. The predicted octanol–water partition coefficient (Wildman–Crippen LogP) is 1.67. The van der Waals surface area contributed by atoms with Gasteiger partial charge in [-0.3, -0.25) is 9.97 Å². The fraction of sp³-hybridized carbons (Fsp3) is 0.231. The SMILES string of the molecule is NC[C@@H]1OCc2c(-c3cnccn3)cccc21. The van der Waals surface area contributed by atoms with Crippen molar-refractivity contribution < 1.29 is 4.74 Å². The number of hydrogen-bond acceptors (Lipinski definition) is 4. The molecule has 2 aromatic rings. The molecule has 3 rings (SSSR count). The van der Waals surface area contributed by atoms with Crippen molar-refractivity contribution in [3.8, 4) is 11.3 Å². The van der Waals surface area contributed by atoms with Crippen molar-refractivity contribution in [3.05, 3.63) is 47.9 Å². The van der Waals surface area contributed by atoms with Gasteiger partial charge >= 0.3 is 0 Å². The molecule has 86 valence electrons. The number of aromatic nitrogens is 2. The Morgan fingerprint density at radius 3 is 3.06 bits per heavy atom. The van der Waals surface area contributed by atoms with E-state index in [0.717, 1.165) is 11.3 Å². The molecule has 0 saturated heterocycles. The fourth-order valence-electron chi connectivity index (χ4n) is 2.21. The van der Waals surface area contributed by atoms with Crippen LogP contribution in [0.4, 0.5) is 0 Å². The van der Waals surface area contributed by atoms with E-state index in [4.69, 9.17) is 10.5 Å². The fourth-order valence-corrected chi connectivity index (χ4v) is 2.21. The second-order valence-corrected chi connectivity index (χ2v) is 4.00. The van der Waals surface area contributed by atoms with Gasteiger partial charge in [-0.25, -0.2) is 0 Å². The highest BCUT2D eigenvalue weighted by Gasteiger charge is 2.24. The third-order valence-electron chi connectivity index (χ3n) is 3.04. The van der Waals surface area contributed by atoms with Crippen molar-refractivity contribution >= 4 is 0 Å². The molecule has 0 radical (unpaired) electrons. The van der Waals surface area contributed by atoms with Crippen molar-refractivity contribution in [1.82, 2.24) is 9.97 Å². The summed E-state index contributed by atoms with van der Waals surface area (Å²) in [5, 5.41) is 0. The van der Waals surface area contributed by atoms with E-state index < -0.39 is 0 Å². The highest BCUT2D eigenvalue weighted by Crippen LogP contribution is 2.35. The van der Waals surface area contributed by atoms with Gasteiger partial charge in [0.2, 0.25) is 0 Å². The summed E-state index contributed by atoms with van der Waals surface area (Å²) in [6.07, 6.45) is 5.16. The molecule has 0 bridgehead atoms. The Balaban J connectivity index is 2.12. The summed E-state index contributed by atoms with van der Waals surface area (Å²) in [4.78, 5) is 8.43. The summed E-state index contributed by atoms with van der Waals surface area (Å²) in [6.45, 7) is 1.11. The van der Waals surface area contributed by atoms with Gasteiger partial charge in [0, 0.05) is 24.5 Å². The van der Waals surface area contributed by atoms with E-state index in [1.165, 1.54) is 11.1 Å². The Bertz CT molecular complexity index is 527. The molecule has 4 nitrogen and oxygen atoms in total. The number of benzene rings is 1. The number of rotatable bonds is 2. The maximum Gasteiger partial charge on any atom is 0.0955 e. The molecule has 0 unspecified atom stereocenters. The average Bonchev–Trinajstić information content (AvgIpc) is 2.82. The van der Waals surface area contributed by atoms with E-state index in [2.05, 4.69) is 16.0 Å². The summed E-state index contributed by atoms with van der Waals surface area (Å²) >= 11 is 0. The molecule has 2 N–H and O–H groups in total. The van der Waals surface area contributed by atoms with Crippen LogP contribution in [0, 0.1) is 0 Å². The number of nitrogens with zero attached hydrogens (tertiary/aromatic N) is 2. The Morgan fingerprint density at radius 2 is 2.29 bits per heavy atom. The minimum Gasteiger partial charge on any atom is -0.367 e. The first-order chi connectivity index (χ1) is 8.40. The van der Waals surface area contributed by atoms with E-state index in [-0.39, 0.29) is 6.10 Å². The zero-order valence-electron chi connectivity index (χ0n) is 9.34. The Labute approximate surface area is 99.5 Å². The van der Waals surface area contributed by atoms with E-state index in [0.29, 0.717) is 13.2 Å². The van der Waals surface area contributed by atoms with Crippen molar-refractivity contribution in [2.45, 2.75) is 12.7 Å². The van der Waals surface area contributed by atoms with Gasteiger partial charge in [-0.2, -0.15) is 0 Å². The maximum absolute atomic E-state index is 5.68. The second kappa shape index (κ2) is 4.24.